The van der Waals surface area contributed by atoms with Crippen molar-refractivity contribution in [1.82, 2.24) is 29.4 Å². The minimum absolute atomic E-state index is 0.0213. The van der Waals surface area contributed by atoms with Gasteiger partial charge < -0.3 is 5.32 Å². The first-order valence-corrected chi connectivity index (χ1v) is 8.34. The summed E-state index contributed by atoms with van der Waals surface area (Å²) in [5, 5.41) is 14.5. The van der Waals surface area contributed by atoms with Crippen molar-refractivity contribution in [2.24, 2.45) is 7.05 Å². The fourth-order valence-corrected chi connectivity index (χ4v) is 3.07. The van der Waals surface area contributed by atoms with Crippen LogP contribution in [0.3, 0.4) is 0 Å². The van der Waals surface area contributed by atoms with E-state index in [1.54, 1.807) is 6.20 Å². The highest BCUT2D eigenvalue weighted by molar-refractivity contribution is 5.63. The molecule has 25 heavy (non-hydrogen) atoms. The first kappa shape index (κ1) is 17.2. The number of rotatable bonds is 3. The summed E-state index contributed by atoms with van der Waals surface area (Å²) in [7, 11) is 1.93. The second-order valence-electron chi connectivity index (χ2n) is 7.52. The molecule has 3 heterocycles. The van der Waals surface area contributed by atoms with Crippen LogP contribution in [0.4, 0.5) is 5.82 Å². The summed E-state index contributed by atoms with van der Waals surface area (Å²) in [6, 6.07) is -0.0213. The Morgan fingerprint density at radius 3 is 2.52 bits per heavy atom. The Morgan fingerprint density at radius 2 is 1.96 bits per heavy atom. The zero-order valence-electron chi connectivity index (χ0n) is 15.8. The van der Waals surface area contributed by atoms with Gasteiger partial charge >= 0.3 is 5.69 Å². The minimum Gasteiger partial charge on any atom is -0.360 e. The molecule has 3 aromatic heterocycles. The van der Waals surface area contributed by atoms with Crippen LogP contribution in [0.25, 0.3) is 5.65 Å². The van der Waals surface area contributed by atoms with Crippen molar-refractivity contribution in [1.29, 1.82) is 0 Å². The summed E-state index contributed by atoms with van der Waals surface area (Å²) in [5.41, 5.74) is 4.04. The lowest BCUT2D eigenvalue weighted by Gasteiger charge is -2.21. The first-order chi connectivity index (χ1) is 11.6. The number of fused-ring (bicyclic) bond motifs is 1. The fraction of sp³-hybridized carbons (Fsp3) is 0.529. The summed E-state index contributed by atoms with van der Waals surface area (Å²) in [5.74, 6) is 0.584. The highest BCUT2D eigenvalue weighted by Gasteiger charge is 2.22. The molecule has 0 amide bonds. The number of hydrogen-bond donors (Lipinski definition) is 2. The molecule has 0 aliphatic carbocycles. The van der Waals surface area contributed by atoms with Gasteiger partial charge in [0.25, 0.3) is 0 Å². The van der Waals surface area contributed by atoms with Gasteiger partial charge in [0.2, 0.25) is 5.65 Å². The van der Waals surface area contributed by atoms with Gasteiger partial charge in [0.15, 0.2) is 5.82 Å². The Bertz CT molecular complexity index is 987. The molecule has 0 saturated carbocycles. The molecule has 0 aromatic carbocycles. The number of nitrogens with zero attached hydrogens (tertiary/aromatic N) is 5. The number of aromatic nitrogens is 6. The SMILES string of the molecule is Cc1nn(C)c(C)c1C(C)Nc1nc(C(C)(C)C)cn2c(=O)[nH]nc12. The summed E-state index contributed by atoms with van der Waals surface area (Å²) < 4.78 is 3.38. The van der Waals surface area contributed by atoms with Crippen molar-refractivity contribution in [2.45, 2.75) is 53.0 Å². The third kappa shape index (κ3) is 2.92. The maximum atomic E-state index is 12.1. The number of aromatic amines is 1. The lowest BCUT2D eigenvalue weighted by atomic mass is 9.92. The van der Waals surface area contributed by atoms with E-state index in [-0.39, 0.29) is 17.1 Å². The van der Waals surface area contributed by atoms with Gasteiger partial charge in [-0.15, -0.1) is 5.10 Å². The third-order valence-corrected chi connectivity index (χ3v) is 4.52. The van der Waals surface area contributed by atoms with E-state index >= 15 is 0 Å². The molecule has 134 valence electrons. The molecule has 8 heteroatoms. The van der Waals surface area contributed by atoms with Crippen molar-refractivity contribution < 1.29 is 0 Å². The topological polar surface area (TPSA) is 92.9 Å². The lowest BCUT2D eigenvalue weighted by molar-refractivity contribution is 0.564. The average molecular weight is 343 g/mol. The molecule has 0 fully saturated rings. The van der Waals surface area contributed by atoms with E-state index in [4.69, 9.17) is 4.98 Å². The Hall–Kier alpha value is -2.64. The van der Waals surface area contributed by atoms with Crippen LogP contribution in [0.5, 0.6) is 0 Å². The maximum absolute atomic E-state index is 12.1. The third-order valence-electron chi connectivity index (χ3n) is 4.52. The van der Waals surface area contributed by atoms with Crippen molar-refractivity contribution >= 4 is 11.5 Å². The van der Waals surface area contributed by atoms with Crippen LogP contribution in [0.15, 0.2) is 11.0 Å². The highest BCUT2D eigenvalue weighted by atomic mass is 16.1. The van der Waals surface area contributed by atoms with Gasteiger partial charge in [-0.25, -0.2) is 19.3 Å². The Morgan fingerprint density at radius 1 is 1.28 bits per heavy atom. The van der Waals surface area contributed by atoms with Crippen molar-refractivity contribution in [2.75, 3.05) is 5.32 Å². The van der Waals surface area contributed by atoms with E-state index in [2.05, 4.69) is 48.3 Å². The van der Waals surface area contributed by atoms with Crippen LogP contribution < -0.4 is 11.0 Å². The molecule has 0 aliphatic rings. The van der Waals surface area contributed by atoms with Crippen LogP contribution in [-0.2, 0) is 12.5 Å². The monoisotopic (exact) mass is 343 g/mol. The van der Waals surface area contributed by atoms with E-state index in [0.29, 0.717) is 11.5 Å². The van der Waals surface area contributed by atoms with Crippen LogP contribution in [-0.4, -0.2) is 29.4 Å². The number of aryl methyl sites for hydroxylation is 2. The van der Waals surface area contributed by atoms with Gasteiger partial charge in [-0.3, -0.25) is 4.68 Å². The molecule has 0 aliphatic heterocycles. The van der Waals surface area contributed by atoms with Gasteiger partial charge in [-0.05, 0) is 20.8 Å². The van der Waals surface area contributed by atoms with E-state index in [0.717, 1.165) is 22.6 Å². The maximum Gasteiger partial charge on any atom is 0.347 e. The summed E-state index contributed by atoms with van der Waals surface area (Å²) >= 11 is 0. The van der Waals surface area contributed by atoms with E-state index in [1.165, 1.54) is 4.40 Å². The van der Waals surface area contributed by atoms with E-state index in [9.17, 15) is 4.79 Å². The number of nitrogens with one attached hydrogen (secondary N) is 2. The zero-order valence-corrected chi connectivity index (χ0v) is 15.8. The predicted octanol–water partition coefficient (Wildman–Crippen LogP) is 2.24. The molecule has 0 bridgehead atoms. The van der Waals surface area contributed by atoms with E-state index < -0.39 is 0 Å². The largest absolute Gasteiger partial charge is 0.360 e. The number of anilines is 1. The van der Waals surface area contributed by atoms with Crippen molar-refractivity contribution in [3.8, 4) is 0 Å². The summed E-state index contributed by atoms with van der Waals surface area (Å²) in [6.45, 7) is 12.3. The Labute approximate surface area is 146 Å². The molecule has 1 atom stereocenters. The summed E-state index contributed by atoms with van der Waals surface area (Å²) in [6.07, 6.45) is 1.75. The van der Waals surface area contributed by atoms with Gasteiger partial charge in [0.05, 0.1) is 17.4 Å². The van der Waals surface area contributed by atoms with Crippen LogP contribution in [0.1, 0.15) is 56.4 Å². The molecule has 8 nitrogen and oxygen atoms in total. The van der Waals surface area contributed by atoms with Gasteiger partial charge in [0, 0.05) is 29.9 Å². The quantitative estimate of drug-likeness (QED) is 0.761. The zero-order chi connectivity index (χ0) is 18.5. The molecule has 3 aromatic rings. The van der Waals surface area contributed by atoms with Gasteiger partial charge in [0.1, 0.15) is 0 Å². The molecule has 1 unspecified atom stereocenters. The van der Waals surface area contributed by atoms with Crippen LogP contribution in [0.2, 0.25) is 0 Å². The second kappa shape index (κ2) is 5.72. The standard InChI is InChI=1S/C17H25N7O/c1-9(13-10(2)22-23(7)11(13)3)18-14-15-20-21-16(25)24(15)8-12(19-14)17(4,5)6/h8-9H,1-7H3,(H,18,19)(H,21,25). The normalized spacial score (nSPS) is 13.4. The van der Waals surface area contributed by atoms with Gasteiger partial charge in [-0.2, -0.15) is 5.10 Å². The van der Waals surface area contributed by atoms with Gasteiger partial charge in [-0.1, -0.05) is 20.8 Å². The molecular weight excluding hydrogens is 318 g/mol. The van der Waals surface area contributed by atoms with Crippen LogP contribution >= 0.6 is 0 Å². The summed E-state index contributed by atoms with van der Waals surface area (Å²) in [4.78, 5) is 16.8. The van der Waals surface area contributed by atoms with Crippen molar-refractivity contribution in [3.05, 3.63) is 39.3 Å². The molecule has 3 rings (SSSR count). The average Bonchev–Trinajstić information content (AvgIpc) is 2.99. The predicted molar refractivity (Wildman–Crippen MR) is 97.0 cm³/mol. The highest BCUT2D eigenvalue weighted by Crippen LogP contribution is 2.27. The first-order valence-electron chi connectivity index (χ1n) is 8.34. The number of H-pyrrole nitrogens is 1. The van der Waals surface area contributed by atoms with E-state index in [1.807, 2.05) is 25.6 Å². The lowest BCUT2D eigenvalue weighted by Crippen LogP contribution is -2.20. The minimum atomic E-state index is -0.271. The molecule has 0 radical (unpaired) electrons. The molecule has 0 saturated heterocycles. The molecular formula is C17H25N7O. The second-order valence-corrected chi connectivity index (χ2v) is 7.52. The molecule has 0 spiro atoms. The Balaban J connectivity index is 2.10. The fourth-order valence-electron chi connectivity index (χ4n) is 3.07. The van der Waals surface area contributed by atoms with Crippen LogP contribution in [0, 0.1) is 13.8 Å². The number of hydrogen-bond acceptors (Lipinski definition) is 5. The smallest absolute Gasteiger partial charge is 0.347 e. The molecule has 2 N–H and O–H groups in total. The Kier molecular flexibility index (Phi) is 3.93. The van der Waals surface area contributed by atoms with Crippen molar-refractivity contribution in [3.63, 3.8) is 0 Å².